The Morgan fingerprint density at radius 3 is 2.62 bits per heavy atom. The summed E-state index contributed by atoms with van der Waals surface area (Å²) in [7, 11) is 1.14. The summed E-state index contributed by atoms with van der Waals surface area (Å²) in [4.78, 5) is 0. The van der Waals surface area contributed by atoms with Crippen molar-refractivity contribution in [2.24, 2.45) is 0 Å². The number of hydrogen-bond acceptors (Lipinski definition) is 1. The third-order valence-corrected chi connectivity index (χ3v) is 5.33. The lowest BCUT2D eigenvalue weighted by molar-refractivity contribution is -0.0361. The van der Waals surface area contributed by atoms with Crippen LogP contribution in [0.15, 0.2) is 30.3 Å². The summed E-state index contributed by atoms with van der Waals surface area (Å²) in [6, 6.07) is 10.9. The monoisotopic (exact) mass is 234 g/mol. The number of rotatable bonds is 3. The molecule has 1 aromatic rings. The average Bonchev–Trinajstić information content (AvgIpc) is 2.32. The quantitative estimate of drug-likeness (QED) is 0.730. The molecule has 0 aliphatic carbocycles. The van der Waals surface area contributed by atoms with Gasteiger partial charge in [-0.1, -0.05) is 37.3 Å². The second-order valence-electron chi connectivity index (χ2n) is 4.99. The zero-order chi connectivity index (χ0) is 11.4. The third-order valence-electron chi connectivity index (χ3n) is 3.85. The molecule has 2 heteroatoms. The first-order chi connectivity index (χ1) is 7.76. The molecule has 1 nitrogen and oxygen atoms in total. The Morgan fingerprint density at radius 2 is 2.06 bits per heavy atom. The first-order valence-electron chi connectivity index (χ1n) is 6.45. The molecule has 1 aromatic carbocycles. The van der Waals surface area contributed by atoms with Gasteiger partial charge in [0.1, 0.15) is 0 Å². The van der Waals surface area contributed by atoms with E-state index < -0.39 is 0 Å². The van der Waals surface area contributed by atoms with Crippen LogP contribution in [0.25, 0.3) is 0 Å². The first kappa shape index (κ1) is 11.9. The van der Waals surface area contributed by atoms with E-state index in [4.69, 9.17) is 4.74 Å². The summed E-state index contributed by atoms with van der Waals surface area (Å²) in [5.41, 5.74) is 1.46. The van der Waals surface area contributed by atoms with Crippen LogP contribution in [0.4, 0.5) is 0 Å². The van der Waals surface area contributed by atoms with Crippen molar-refractivity contribution in [2.45, 2.75) is 43.7 Å². The standard InChI is InChI=1S/C14H22OSi/c1-2-13(12-8-4-3-5-9-12)14(16)10-6-7-11-15-14/h3-5,8-9,13H,2,6-7,10-11H2,1,16H3. The van der Waals surface area contributed by atoms with Crippen LogP contribution in [0.3, 0.4) is 0 Å². The van der Waals surface area contributed by atoms with E-state index in [-0.39, 0.29) is 5.22 Å². The predicted molar refractivity (Wildman–Crippen MR) is 71.9 cm³/mol. The minimum Gasteiger partial charge on any atom is -0.379 e. The van der Waals surface area contributed by atoms with Crippen molar-refractivity contribution in [1.82, 2.24) is 0 Å². The molecule has 2 atom stereocenters. The Kier molecular flexibility index (Phi) is 3.82. The van der Waals surface area contributed by atoms with Gasteiger partial charge in [-0.2, -0.15) is 0 Å². The number of benzene rings is 1. The van der Waals surface area contributed by atoms with E-state index in [1.165, 1.54) is 31.2 Å². The largest absolute Gasteiger partial charge is 0.379 e. The molecule has 1 saturated heterocycles. The highest BCUT2D eigenvalue weighted by Gasteiger charge is 2.36. The van der Waals surface area contributed by atoms with E-state index in [0.717, 1.165) is 16.8 Å². The van der Waals surface area contributed by atoms with Crippen LogP contribution >= 0.6 is 0 Å². The van der Waals surface area contributed by atoms with Crippen molar-refractivity contribution < 1.29 is 4.74 Å². The Labute approximate surface area is 102 Å². The molecule has 1 fully saturated rings. The lowest BCUT2D eigenvalue weighted by Gasteiger charge is -2.41. The molecule has 0 N–H and O–H groups in total. The SMILES string of the molecule is CCC(c1ccccc1)C1([SiH3])CCCCO1. The lowest BCUT2D eigenvalue weighted by Crippen LogP contribution is -2.42. The summed E-state index contributed by atoms with van der Waals surface area (Å²) in [5.74, 6) is 0.598. The molecular formula is C14H22OSi. The molecule has 0 saturated carbocycles. The Bertz CT molecular complexity index is 317. The van der Waals surface area contributed by atoms with Crippen LogP contribution in [0.2, 0.25) is 0 Å². The highest BCUT2D eigenvalue weighted by atomic mass is 28.1. The Balaban J connectivity index is 2.21. The molecule has 0 aromatic heterocycles. The van der Waals surface area contributed by atoms with Crippen molar-refractivity contribution >= 4 is 10.2 Å². The molecular weight excluding hydrogens is 212 g/mol. The molecule has 88 valence electrons. The van der Waals surface area contributed by atoms with Crippen molar-refractivity contribution in [2.75, 3.05) is 6.61 Å². The van der Waals surface area contributed by atoms with E-state index in [1.807, 2.05) is 0 Å². The smallest absolute Gasteiger partial charge is 0.0552 e. The normalized spacial score (nSPS) is 27.8. The van der Waals surface area contributed by atoms with E-state index in [9.17, 15) is 0 Å². The number of hydrogen-bond donors (Lipinski definition) is 0. The Hall–Kier alpha value is -0.603. The molecule has 1 aliphatic rings. The van der Waals surface area contributed by atoms with Gasteiger partial charge in [0.05, 0.1) is 5.22 Å². The van der Waals surface area contributed by atoms with Crippen molar-refractivity contribution in [1.29, 1.82) is 0 Å². The van der Waals surface area contributed by atoms with Gasteiger partial charge in [0, 0.05) is 22.8 Å². The van der Waals surface area contributed by atoms with Gasteiger partial charge in [-0.25, -0.2) is 0 Å². The molecule has 0 amide bonds. The van der Waals surface area contributed by atoms with Crippen molar-refractivity contribution in [3.05, 3.63) is 35.9 Å². The summed E-state index contributed by atoms with van der Waals surface area (Å²) in [5, 5.41) is 0.189. The summed E-state index contributed by atoms with van der Waals surface area (Å²) in [6.07, 6.45) is 5.03. The fraction of sp³-hybridized carbons (Fsp3) is 0.571. The van der Waals surface area contributed by atoms with Crippen LogP contribution in [-0.2, 0) is 4.74 Å². The summed E-state index contributed by atoms with van der Waals surface area (Å²) in [6.45, 7) is 3.25. The van der Waals surface area contributed by atoms with Crippen LogP contribution in [0.1, 0.15) is 44.1 Å². The van der Waals surface area contributed by atoms with Crippen LogP contribution in [-0.4, -0.2) is 22.1 Å². The zero-order valence-corrected chi connectivity index (χ0v) is 12.4. The van der Waals surface area contributed by atoms with Gasteiger partial charge in [-0.3, -0.25) is 0 Å². The van der Waals surface area contributed by atoms with Gasteiger partial charge in [-0.05, 0) is 31.2 Å². The Morgan fingerprint density at radius 1 is 1.31 bits per heavy atom. The fourth-order valence-electron chi connectivity index (χ4n) is 2.94. The molecule has 16 heavy (non-hydrogen) atoms. The topological polar surface area (TPSA) is 9.23 Å². The van der Waals surface area contributed by atoms with E-state index >= 15 is 0 Å². The zero-order valence-electron chi connectivity index (χ0n) is 10.4. The minimum absolute atomic E-state index is 0.189. The lowest BCUT2D eigenvalue weighted by atomic mass is 9.86. The second-order valence-corrected chi connectivity index (χ2v) is 6.68. The van der Waals surface area contributed by atoms with Crippen LogP contribution in [0.5, 0.6) is 0 Å². The highest BCUT2D eigenvalue weighted by Crippen LogP contribution is 2.38. The maximum Gasteiger partial charge on any atom is 0.0552 e. The third kappa shape index (κ3) is 2.38. The van der Waals surface area contributed by atoms with Gasteiger partial charge in [-0.15, -0.1) is 0 Å². The van der Waals surface area contributed by atoms with Gasteiger partial charge in [0.2, 0.25) is 0 Å². The van der Waals surface area contributed by atoms with Gasteiger partial charge in [0.25, 0.3) is 0 Å². The molecule has 0 spiro atoms. The molecule has 2 rings (SSSR count). The fourth-order valence-corrected chi connectivity index (χ4v) is 4.24. The maximum atomic E-state index is 6.13. The van der Waals surface area contributed by atoms with E-state index in [2.05, 4.69) is 37.3 Å². The molecule has 0 bridgehead atoms. The highest BCUT2D eigenvalue weighted by molar-refractivity contribution is 6.15. The van der Waals surface area contributed by atoms with Crippen LogP contribution < -0.4 is 0 Å². The van der Waals surface area contributed by atoms with Crippen LogP contribution in [0, 0.1) is 0 Å². The van der Waals surface area contributed by atoms with Gasteiger partial charge in [0.15, 0.2) is 0 Å². The van der Waals surface area contributed by atoms with Gasteiger partial charge >= 0.3 is 0 Å². The van der Waals surface area contributed by atoms with Crippen molar-refractivity contribution in [3.8, 4) is 0 Å². The van der Waals surface area contributed by atoms with Gasteiger partial charge < -0.3 is 4.74 Å². The first-order valence-corrected chi connectivity index (χ1v) is 7.45. The molecule has 1 aliphatic heterocycles. The van der Waals surface area contributed by atoms with E-state index in [1.54, 1.807) is 0 Å². The minimum atomic E-state index is 0.189. The molecule has 0 radical (unpaired) electrons. The number of ether oxygens (including phenoxy) is 1. The molecule has 2 unspecified atom stereocenters. The maximum absolute atomic E-state index is 6.13. The average molecular weight is 234 g/mol. The summed E-state index contributed by atoms with van der Waals surface area (Å²) >= 11 is 0. The van der Waals surface area contributed by atoms with Crippen molar-refractivity contribution in [3.63, 3.8) is 0 Å². The summed E-state index contributed by atoms with van der Waals surface area (Å²) < 4.78 is 6.13. The predicted octanol–water partition coefficient (Wildman–Crippen LogP) is 2.44. The molecule has 1 heterocycles. The van der Waals surface area contributed by atoms with E-state index in [0.29, 0.717) is 5.92 Å². The second kappa shape index (κ2) is 5.15.